The fraction of sp³-hybridized carbons (Fsp3) is 0.176. The number of hydrazine groups is 1. The van der Waals surface area contributed by atoms with Gasteiger partial charge in [-0.3, -0.25) is 4.79 Å². The number of rotatable bonds is 4. The molecule has 0 aromatic heterocycles. The zero-order chi connectivity index (χ0) is 16.9. The molecule has 1 aliphatic heterocycles. The van der Waals surface area contributed by atoms with Gasteiger partial charge >= 0.3 is 0 Å². The van der Waals surface area contributed by atoms with E-state index in [1.807, 2.05) is 36.4 Å². The molecule has 1 heterocycles. The van der Waals surface area contributed by atoms with Crippen LogP contribution in [0.2, 0.25) is 10.0 Å². The van der Waals surface area contributed by atoms with Crippen LogP contribution in [0.1, 0.15) is 23.6 Å². The lowest BCUT2D eigenvalue weighted by molar-refractivity contribution is -0.122. The normalized spacial score (nSPS) is 20.4. The third-order valence-corrected chi connectivity index (χ3v) is 4.49. The molecule has 1 aliphatic rings. The van der Waals surface area contributed by atoms with E-state index in [4.69, 9.17) is 23.2 Å². The summed E-state index contributed by atoms with van der Waals surface area (Å²) >= 11 is 12.0. The van der Waals surface area contributed by atoms with Crippen molar-refractivity contribution in [3.05, 3.63) is 69.7 Å². The summed E-state index contributed by atoms with van der Waals surface area (Å²) in [6.45, 7) is 0. The minimum Gasteiger partial charge on any atom is -0.271 e. The molecule has 3 rings (SSSR count). The van der Waals surface area contributed by atoms with Crippen LogP contribution in [0.15, 0.2) is 53.6 Å². The highest BCUT2D eigenvalue weighted by molar-refractivity contribution is 6.42. The van der Waals surface area contributed by atoms with Crippen LogP contribution < -0.4 is 16.3 Å². The Morgan fingerprint density at radius 3 is 2.67 bits per heavy atom. The van der Waals surface area contributed by atoms with Gasteiger partial charge in [0.05, 0.1) is 16.3 Å². The number of hydrogen-bond acceptors (Lipinski definition) is 4. The van der Waals surface area contributed by atoms with Crippen molar-refractivity contribution in [1.29, 1.82) is 0 Å². The number of hydrazone groups is 1. The van der Waals surface area contributed by atoms with Crippen LogP contribution in [0.3, 0.4) is 0 Å². The van der Waals surface area contributed by atoms with E-state index in [1.165, 1.54) is 0 Å². The number of nitrogens with zero attached hydrogens (tertiary/aromatic N) is 1. The minimum atomic E-state index is -0.377. The zero-order valence-electron chi connectivity index (χ0n) is 12.7. The highest BCUT2D eigenvalue weighted by Gasteiger charge is 2.30. The van der Waals surface area contributed by atoms with Crippen molar-refractivity contribution in [2.45, 2.75) is 18.5 Å². The average Bonchev–Trinajstić information content (AvgIpc) is 3.08. The number of carbonyl (C=O) groups is 1. The molecule has 0 saturated carbocycles. The average molecular weight is 363 g/mol. The number of benzene rings is 2. The molecule has 1 fully saturated rings. The first-order valence-electron chi connectivity index (χ1n) is 7.47. The molecule has 1 saturated heterocycles. The van der Waals surface area contributed by atoms with Gasteiger partial charge in [0.1, 0.15) is 6.04 Å². The summed E-state index contributed by atoms with van der Waals surface area (Å²) in [6.07, 6.45) is 2.20. The van der Waals surface area contributed by atoms with Gasteiger partial charge < -0.3 is 0 Å². The molecular formula is C17H16Cl2N4O. The van der Waals surface area contributed by atoms with E-state index in [0.717, 1.165) is 11.1 Å². The minimum absolute atomic E-state index is 0.0198. The molecule has 0 spiro atoms. The second-order valence-electron chi connectivity index (χ2n) is 5.45. The van der Waals surface area contributed by atoms with Gasteiger partial charge in [-0.2, -0.15) is 5.10 Å². The van der Waals surface area contributed by atoms with Gasteiger partial charge in [-0.05, 0) is 29.7 Å². The van der Waals surface area contributed by atoms with E-state index in [9.17, 15) is 4.79 Å². The summed E-state index contributed by atoms with van der Waals surface area (Å²) in [7, 11) is 0. The smallest absolute Gasteiger partial charge is 0.258 e. The number of hydrogen-bond donors (Lipinski definition) is 3. The standard InChI is InChI=1S/C17H16Cl2N4O/c18-13-7-6-12(8-14(13)19)15-9-16(22-21-15)17(24)23-20-10-11-4-2-1-3-5-11/h1-8,10,15-16,21-22H,9H2,(H,23,24)/b20-10+. The Morgan fingerprint density at radius 2 is 1.92 bits per heavy atom. The quantitative estimate of drug-likeness (QED) is 0.578. The van der Waals surface area contributed by atoms with Gasteiger partial charge in [-0.1, -0.05) is 59.6 Å². The van der Waals surface area contributed by atoms with Crippen molar-refractivity contribution in [2.24, 2.45) is 5.10 Å². The maximum Gasteiger partial charge on any atom is 0.258 e. The van der Waals surface area contributed by atoms with Gasteiger partial charge in [0.25, 0.3) is 5.91 Å². The monoisotopic (exact) mass is 362 g/mol. The first-order valence-corrected chi connectivity index (χ1v) is 8.23. The van der Waals surface area contributed by atoms with E-state index in [0.29, 0.717) is 16.5 Å². The molecule has 2 aromatic carbocycles. The fourth-order valence-corrected chi connectivity index (χ4v) is 2.77. The molecule has 0 radical (unpaired) electrons. The number of carbonyl (C=O) groups excluding carboxylic acids is 1. The third kappa shape index (κ3) is 4.13. The van der Waals surface area contributed by atoms with Gasteiger partial charge in [0.2, 0.25) is 0 Å². The molecule has 2 atom stereocenters. The Balaban J connectivity index is 1.56. The van der Waals surface area contributed by atoms with Gasteiger partial charge in [-0.25, -0.2) is 16.3 Å². The van der Waals surface area contributed by atoms with Crippen molar-refractivity contribution in [3.8, 4) is 0 Å². The largest absolute Gasteiger partial charge is 0.271 e. The molecule has 2 aromatic rings. The van der Waals surface area contributed by atoms with Gasteiger partial charge in [0.15, 0.2) is 0 Å². The maximum absolute atomic E-state index is 12.2. The van der Waals surface area contributed by atoms with E-state index in [1.54, 1.807) is 18.3 Å². The van der Waals surface area contributed by atoms with Crippen LogP contribution in [0.25, 0.3) is 0 Å². The van der Waals surface area contributed by atoms with Crippen molar-refractivity contribution in [3.63, 3.8) is 0 Å². The van der Waals surface area contributed by atoms with Crippen LogP contribution in [0, 0.1) is 0 Å². The van der Waals surface area contributed by atoms with Crippen LogP contribution in [-0.2, 0) is 4.79 Å². The van der Waals surface area contributed by atoms with Gasteiger partial charge in [-0.15, -0.1) is 0 Å². The Kier molecular flexibility index (Phi) is 5.48. The molecule has 1 amide bonds. The molecule has 24 heavy (non-hydrogen) atoms. The van der Waals surface area contributed by atoms with E-state index in [2.05, 4.69) is 21.4 Å². The molecular weight excluding hydrogens is 347 g/mol. The lowest BCUT2D eigenvalue weighted by Crippen LogP contribution is -2.41. The zero-order valence-corrected chi connectivity index (χ0v) is 14.2. The highest BCUT2D eigenvalue weighted by Crippen LogP contribution is 2.28. The summed E-state index contributed by atoms with van der Waals surface area (Å²) in [5.41, 5.74) is 10.5. The summed E-state index contributed by atoms with van der Waals surface area (Å²) in [5, 5.41) is 4.99. The van der Waals surface area contributed by atoms with Crippen molar-refractivity contribution in [1.82, 2.24) is 16.3 Å². The lowest BCUT2D eigenvalue weighted by atomic mass is 10.0. The van der Waals surface area contributed by atoms with Crippen molar-refractivity contribution < 1.29 is 4.79 Å². The molecule has 7 heteroatoms. The van der Waals surface area contributed by atoms with Crippen molar-refractivity contribution in [2.75, 3.05) is 0 Å². The molecule has 0 aliphatic carbocycles. The number of nitrogens with one attached hydrogen (secondary N) is 3. The molecule has 5 nitrogen and oxygen atoms in total. The predicted octanol–water partition coefficient (Wildman–Crippen LogP) is 3.05. The van der Waals surface area contributed by atoms with E-state index < -0.39 is 0 Å². The Morgan fingerprint density at radius 1 is 1.12 bits per heavy atom. The highest BCUT2D eigenvalue weighted by atomic mass is 35.5. The first kappa shape index (κ1) is 16.9. The van der Waals surface area contributed by atoms with Crippen LogP contribution >= 0.6 is 23.2 Å². The van der Waals surface area contributed by atoms with E-state index in [-0.39, 0.29) is 18.0 Å². The lowest BCUT2D eigenvalue weighted by Gasteiger charge is -2.10. The maximum atomic E-state index is 12.2. The Bertz CT molecular complexity index is 752. The molecule has 2 unspecified atom stereocenters. The second-order valence-corrected chi connectivity index (χ2v) is 6.26. The third-order valence-electron chi connectivity index (χ3n) is 3.75. The second kappa shape index (κ2) is 7.77. The summed E-state index contributed by atoms with van der Waals surface area (Å²) in [5.74, 6) is -0.197. The van der Waals surface area contributed by atoms with Crippen LogP contribution in [0.4, 0.5) is 0 Å². The van der Waals surface area contributed by atoms with Crippen molar-refractivity contribution >= 4 is 35.3 Å². The summed E-state index contributed by atoms with van der Waals surface area (Å²) in [4.78, 5) is 12.2. The summed E-state index contributed by atoms with van der Waals surface area (Å²) < 4.78 is 0. The molecule has 3 N–H and O–H groups in total. The van der Waals surface area contributed by atoms with Crippen LogP contribution in [0.5, 0.6) is 0 Å². The SMILES string of the molecule is O=C(N/N=C/c1ccccc1)C1CC(c2ccc(Cl)c(Cl)c2)NN1. The molecule has 124 valence electrons. The summed E-state index contributed by atoms with van der Waals surface area (Å²) in [6, 6.07) is 14.6. The number of amides is 1. The molecule has 0 bridgehead atoms. The Hall–Kier alpha value is -1.92. The number of halogens is 2. The Labute approximate surface area is 150 Å². The van der Waals surface area contributed by atoms with Gasteiger partial charge in [0, 0.05) is 6.04 Å². The van der Waals surface area contributed by atoms with E-state index >= 15 is 0 Å². The first-order chi connectivity index (χ1) is 11.6. The predicted molar refractivity (Wildman–Crippen MR) is 96.1 cm³/mol. The topological polar surface area (TPSA) is 65.5 Å². The van der Waals surface area contributed by atoms with Crippen LogP contribution in [-0.4, -0.2) is 18.2 Å². The fourth-order valence-electron chi connectivity index (χ4n) is 2.46.